The van der Waals surface area contributed by atoms with Gasteiger partial charge in [0.05, 0.1) is 6.54 Å². The van der Waals surface area contributed by atoms with Crippen molar-refractivity contribution in [3.8, 4) is 0 Å². The summed E-state index contributed by atoms with van der Waals surface area (Å²) in [5, 5.41) is 3.38. The first-order valence-electron chi connectivity index (χ1n) is 7.32. The summed E-state index contributed by atoms with van der Waals surface area (Å²) in [6.45, 7) is 7.58. The molecule has 0 aromatic rings. The van der Waals surface area contributed by atoms with Gasteiger partial charge in [-0.25, -0.2) is 0 Å². The summed E-state index contributed by atoms with van der Waals surface area (Å²) >= 11 is 0. The van der Waals surface area contributed by atoms with Crippen LogP contribution in [0.1, 0.15) is 32.6 Å². The lowest BCUT2D eigenvalue weighted by atomic mass is 9.67. The van der Waals surface area contributed by atoms with Crippen molar-refractivity contribution in [1.29, 1.82) is 0 Å². The standard InChI is InChI=1S/C14H27N3O/c1-3-14(5-4-6-14)12-15-11-13(18)17-9-7-16(2)8-10-17/h15H,3-12H2,1-2H3. The average molecular weight is 253 g/mol. The number of nitrogens with one attached hydrogen (secondary N) is 1. The molecule has 1 saturated heterocycles. The molecule has 1 heterocycles. The Bertz CT molecular complexity index is 275. The summed E-state index contributed by atoms with van der Waals surface area (Å²) in [6.07, 6.45) is 5.27. The van der Waals surface area contributed by atoms with Crippen molar-refractivity contribution in [1.82, 2.24) is 15.1 Å². The maximum Gasteiger partial charge on any atom is 0.236 e. The summed E-state index contributed by atoms with van der Waals surface area (Å²) in [7, 11) is 2.11. The Morgan fingerprint density at radius 2 is 1.89 bits per heavy atom. The minimum Gasteiger partial charge on any atom is -0.339 e. The van der Waals surface area contributed by atoms with E-state index in [0.29, 0.717) is 12.0 Å². The van der Waals surface area contributed by atoms with Crippen LogP contribution in [0.2, 0.25) is 0 Å². The first-order valence-corrected chi connectivity index (χ1v) is 7.32. The van der Waals surface area contributed by atoms with Gasteiger partial charge in [0.1, 0.15) is 0 Å². The fraction of sp³-hybridized carbons (Fsp3) is 0.929. The highest BCUT2D eigenvalue weighted by Gasteiger charge is 2.34. The highest BCUT2D eigenvalue weighted by atomic mass is 16.2. The normalized spacial score (nSPS) is 23.8. The summed E-state index contributed by atoms with van der Waals surface area (Å²) in [5.74, 6) is 0.272. The minimum atomic E-state index is 0.272. The molecular formula is C14H27N3O. The van der Waals surface area contributed by atoms with Gasteiger partial charge in [-0.3, -0.25) is 4.79 Å². The van der Waals surface area contributed by atoms with Crippen LogP contribution in [0.25, 0.3) is 0 Å². The second kappa shape index (κ2) is 6.02. The first-order chi connectivity index (χ1) is 8.65. The number of carbonyl (C=O) groups is 1. The van der Waals surface area contributed by atoms with E-state index in [1.165, 1.54) is 25.7 Å². The van der Waals surface area contributed by atoms with Gasteiger partial charge in [0.15, 0.2) is 0 Å². The van der Waals surface area contributed by atoms with Crippen LogP contribution >= 0.6 is 0 Å². The van der Waals surface area contributed by atoms with E-state index in [-0.39, 0.29) is 5.91 Å². The third kappa shape index (κ3) is 3.23. The number of amides is 1. The molecule has 0 aromatic heterocycles. The second-order valence-electron chi connectivity index (χ2n) is 5.99. The number of likely N-dealkylation sites (N-methyl/N-ethyl adjacent to an activating group) is 1. The van der Waals surface area contributed by atoms with Gasteiger partial charge in [-0.1, -0.05) is 13.3 Å². The van der Waals surface area contributed by atoms with Gasteiger partial charge in [0, 0.05) is 32.7 Å². The monoisotopic (exact) mass is 253 g/mol. The Balaban J connectivity index is 1.65. The molecule has 0 bridgehead atoms. The molecule has 0 radical (unpaired) electrons. The quantitative estimate of drug-likeness (QED) is 0.792. The molecule has 1 aliphatic carbocycles. The largest absolute Gasteiger partial charge is 0.339 e. The van der Waals surface area contributed by atoms with Gasteiger partial charge < -0.3 is 15.1 Å². The van der Waals surface area contributed by atoms with Crippen LogP contribution in [0.15, 0.2) is 0 Å². The summed E-state index contributed by atoms with van der Waals surface area (Å²) in [6, 6.07) is 0. The first kappa shape index (κ1) is 13.8. The highest BCUT2D eigenvalue weighted by molar-refractivity contribution is 5.78. The van der Waals surface area contributed by atoms with Gasteiger partial charge in [-0.15, -0.1) is 0 Å². The lowest BCUT2D eigenvalue weighted by Gasteiger charge is -2.41. The summed E-state index contributed by atoms with van der Waals surface area (Å²) in [4.78, 5) is 16.3. The van der Waals surface area contributed by atoms with Crippen LogP contribution in [-0.4, -0.2) is 62.0 Å². The van der Waals surface area contributed by atoms with Gasteiger partial charge >= 0.3 is 0 Å². The predicted octanol–water partition coefficient (Wildman–Crippen LogP) is 0.930. The van der Waals surface area contributed by atoms with Crippen LogP contribution < -0.4 is 5.32 Å². The maximum absolute atomic E-state index is 12.0. The molecule has 1 N–H and O–H groups in total. The Morgan fingerprint density at radius 1 is 1.22 bits per heavy atom. The topological polar surface area (TPSA) is 35.6 Å². The fourth-order valence-corrected chi connectivity index (χ4v) is 2.93. The Morgan fingerprint density at radius 3 is 2.39 bits per heavy atom. The fourth-order valence-electron chi connectivity index (χ4n) is 2.93. The molecule has 1 saturated carbocycles. The van der Waals surface area contributed by atoms with Crippen LogP contribution in [0.5, 0.6) is 0 Å². The highest BCUT2D eigenvalue weighted by Crippen LogP contribution is 2.42. The predicted molar refractivity (Wildman–Crippen MR) is 73.5 cm³/mol. The molecule has 2 aliphatic rings. The summed E-state index contributed by atoms with van der Waals surface area (Å²) in [5.41, 5.74) is 0.502. The molecule has 4 heteroatoms. The van der Waals surface area contributed by atoms with Crippen molar-refractivity contribution < 1.29 is 4.79 Å². The van der Waals surface area contributed by atoms with E-state index in [4.69, 9.17) is 0 Å². The average Bonchev–Trinajstić information content (AvgIpc) is 2.33. The molecule has 0 aromatic carbocycles. The summed E-state index contributed by atoms with van der Waals surface area (Å²) < 4.78 is 0. The van der Waals surface area contributed by atoms with E-state index in [2.05, 4.69) is 24.2 Å². The van der Waals surface area contributed by atoms with Crippen LogP contribution in [0.3, 0.4) is 0 Å². The Labute approximate surface area is 111 Å². The Kier molecular flexibility index (Phi) is 4.62. The SMILES string of the molecule is CCC1(CNCC(=O)N2CCN(C)CC2)CCC1. The van der Waals surface area contributed by atoms with Crippen LogP contribution in [-0.2, 0) is 4.79 Å². The molecule has 104 valence electrons. The second-order valence-corrected chi connectivity index (χ2v) is 5.99. The van der Waals surface area contributed by atoms with E-state index in [1.54, 1.807) is 0 Å². The van der Waals surface area contributed by atoms with Gasteiger partial charge in [0.2, 0.25) is 5.91 Å². The van der Waals surface area contributed by atoms with Crippen LogP contribution in [0, 0.1) is 5.41 Å². The van der Waals surface area contributed by atoms with Gasteiger partial charge in [-0.05, 0) is 31.7 Å². The molecule has 18 heavy (non-hydrogen) atoms. The number of hydrogen-bond donors (Lipinski definition) is 1. The molecule has 1 aliphatic heterocycles. The van der Waals surface area contributed by atoms with Crippen molar-refractivity contribution in [3.05, 3.63) is 0 Å². The van der Waals surface area contributed by atoms with Crippen molar-refractivity contribution in [2.75, 3.05) is 46.3 Å². The number of hydrogen-bond acceptors (Lipinski definition) is 3. The third-order valence-corrected chi connectivity index (χ3v) is 4.80. The van der Waals surface area contributed by atoms with Gasteiger partial charge in [0.25, 0.3) is 0 Å². The number of nitrogens with zero attached hydrogens (tertiary/aromatic N) is 2. The van der Waals surface area contributed by atoms with E-state index in [0.717, 1.165) is 32.7 Å². The van der Waals surface area contributed by atoms with Crippen LogP contribution in [0.4, 0.5) is 0 Å². The lowest BCUT2D eigenvalue weighted by molar-refractivity contribution is -0.131. The molecule has 1 amide bonds. The zero-order valence-corrected chi connectivity index (χ0v) is 11.9. The molecule has 0 spiro atoms. The third-order valence-electron chi connectivity index (χ3n) is 4.80. The Hall–Kier alpha value is -0.610. The maximum atomic E-state index is 12.0. The van der Waals surface area contributed by atoms with Gasteiger partial charge in [-0.2, -0.15) is 0 Å². The molecule has 2 rings (SSSR count). The van der Waals surface area contributed by atoms with Crippen molar-refractivity contribution in [2.24, 2.45) is 5.41 Å². The lowest BCUT2D eigenvalue weighted by Crippen LogP contribution is -2.50. The minimum absolute atomic E-state index is 0.272. The van der Waals surface area contributed by atoms with Crippen molar-refractivity contribution in [3.63, 3.8) is 0 Å². The number of piperazine rings is 1. The van der Waals surface area contributed by atoms with E-state index >= 15 is 0 Å². The van der Waals surface area contributed by atoms with E-state index in [9.17, 15) is 4.79 Å². The van der Waals surface area contributed by atoms with Crippen molar-refractivity contribution >= 4 is 5.91 Å². The zero-order valence-electron chi connectivity index (χ0n) is 11.9. The molecular weight excluding hydrogens is 226 g/mol. The van der Waals surface area contributed by atoms with E-state index in [1.807, 2.05) is 4.90 Å². The zero-order chi connectivity index (χ0) is 13.0. The molecule has 4 nitrogen and oxygen atoms in total. The number of carbonyl (C=O) groups excluding carboxylic acids is 1. The smallest absolute Gasteiger partial charge is 0.236 e. The molecule has 2 fully saturated rings. The van der Waals surface area contributed by atoms with E-state index < -0.39 is 0 Å². The number of rotatable bonds is 5. The molecule has 0 atom stereocenters. The molecule has 0 unspecified atom stereocenters. The van der Waals surface area contributed by atoms with Crippen molar-refractivity contribution in [2.45, 2.75) is 32.6 Å².